The summed E-state index contributed by atoms with van der Waals surface area (Å²) in [5, 5.41) is 23.0. The van der Waals surface area contributed by atoms with Crippen molar-refractivity contribution in [2.24, 2.45) is 0 Å². The molecule has 82 valence electrons. The first-order valence-electron chi connectivity index (χ1n) is 4.78. The van der Waals surface area contributed by atoms with E-state index in [1.54, 1.807) is 25.1 Å². The number of nitrogens with zero attached hydrogens (tertiary/aromatic N) is 2. The van der Waals surface area contributed by atoms with Gasteiger partial charge in [-0.15, -0.1) is 0 Å². The fourth-order valence-electron chi connectivity index (χ4n) is 1.70. The molecule has 0 fully saturated rings. The molecule has 0 saturated carbocycles. The van der Waals surface area contributed by atoms with Gasteiger partial charge in [0.15, 0.2) is 5.69 Å². The van der Waals surface area contributed by atoms with Crippen LogP contribution in [-0.4, -0.2) is 4.92 Å². The lowest BCUT2D eigenvalue weighted by molar-refractivity contribution is -0.584. The van der Waals surface area contributed by atoms with Crippen LogP contribution in [0, 0.1) is 29.2 Å². The van der Waals surface area contributed by atoms with Crippen LogP contribution in [0.4, 0.5) is 5.69 Å². The third-order valence-electron chi connectivity index (χ3n) is 2.51. The molecular weight excluding hydrogens is 208 g/mol. The Balaban J connectivity index is 2.95. The fraction of sp³-hybridized carbons (Fsp3) is 0.182. The van der Waals surface area contributed by atoms with Gasteiger partial charge in [-0.1, -0.05) is 6.07 Å². The van der Waals surface area contributed by atoms with Crippen molar-refractivity contribution >= 4 is 16.6 Å². The predicted octanol–water partition coefficient (Wildman–Crippen LogP) is 2.00. The van der Waals surface area contributed by atoms with E-state index in [1.165, 1.54) is 6.07 Å². The van der Waals surface area contributed by atoms with Crippen molar-refractivity contribution in [1.82, 2.24) is 0 Å². The van der Waals surface area contributed by atoms with E-state index in [0.29, 0.717) is 16.6 Å². The molecule has 0 N–H and O–H groups in total. The molecule has 16 heavy (non-hydrogen) atoms. The second-order valence-corrected chi connectivity index (χ2v) is 3.74. The summed E-state index contributed by atoms with van der Waals surface area (Å²) in [5.41, 5.74) is 1.54. The highest BCUT2D eigenvalue weighted by Gasteiger charge is 2.20. The van der Waals surface area contributed by atoms with Crippen LogP contribution in [0.5, 0.6) is 0 Å². The van der Waals surface area contributed by atoms with E-state index in [9.17, 15) is 15.3 Å². The standard InChI is InChI=1S/C11H10N2O3/c1-7-3-4-9-10(5-7)12(14)8(2)6-11(9)13(15)16/h3-6H,1-2H3. The Kier molecular flexibility index (Phi) is 2.23. The average molecular weight is 218 g/mol. The highest BCUT2D eigenvalue weighted by atomic mass is 16.6. The van der Waals surface area contributed by atoms with Gasteiger partial charge in [-0.05, 0) is 18.6 Å². The lowest BCUT2D eigenvalue weighted by Crippen LogP contribution is -2.31. The van der Waals surface area contributed by atoms with Crippen molar-refractivity contribution in [3.8, 4) is 0 Å². The van der Waals surface area contributed by atoms with E-state index in [-0.39, 0.29) is 5.69 Å². The molecular formula is C11H10N2O3. The van der Waals surface area contributed by atoms with Gasteiger partial charge in [0.2, 0.25) is 5.52 Å². The zero-order valence-electron chi connectivity index (χ0n) is 8.93. The van der Waals surface area contributed by atoms with Gasteiger partial charge < -0.3 is 5.21 Å². The highest BCUT2D eigenvalue weighted by molar-refractivity contribution is 5.86. The molecule has 0 saturated heterocycles. The van der Waals surface area contributed by atoms with Crippen LogP contribution in [-0.2, 0) is 0 Å². The zero-order chi connectivity index (χ0) is 11.9. The summed E-state index contributed by atoms with van der Waals surface area (Å²) in [6.07, 6.45) is 0. The van der Waals surface area contributed by atoms with Crippen molar-refractivity contribution in [2.45, 2.75) is 13.8 Å². The van der Waals surface area contributed by atoms with Gasteiger partial charge in [-0.3, -0.25) is 10.1 Å². The molecule has 0 spiro atoms. The number of fused-ring (bicyclic) bond motifs is 1. The lowest BCUT2D eigenvalue weighted by Gasteiger charge is -2.05. The van der Waals surface area contributed by atoms with E-state index in [0.717, 1.165) is 10.3 Å². The molecule has 1 aromatic carbocycles. The zero-order valence-corrected chi connectivity index (χ0v) is 8.93. The minimum absolute atomic E-state index is 0.0281. The Bertz CT molecular complexity index is 593. The quantitative estimate of drug-likeness (QED) is 0.318. The summed E-state index contributed by atoms with van der Waals surface area (Å²) < 4.78 is 0.718. The fourth-order valence-corrected chi connectivity index (χ4v) is 1.70. The van der Waals surface area contributed by atoms with Crippen LogP contribution in [0.1, 0.15) is 11.3 Å². The number of aryl methyl sites for hydroxylation is 2. The summed E-state index contributed by atoms with van der Waals surface area (Å²) in [7, 11) is 0. The molecule has 2 rings (SSSR count). The maximum absolute atomic E-state index is 11.7. The van der Waals surface area contributed by atoms with Gasteiger partial charge in [0.1, 0.15) is 5.39 Å². The van der Waals surface area contributed by atoms with Crippen molar-refractivity contribution in [2.75, 3.05) is 0 Å². The minimum atomic E-state index is -0.468. The number of rotatable bonds is 1. The normalized spacial score (nSPS) is 10.6. The smallest absolute Gasteiger partial charge is 0.289 e. The molecule has 0 aliphatic heterocycles. The van der Waals surface area contributed by atoms with Gasteiger partial charge in [0.05, 0.1) is 11.0 Å². The van der Waals surface area contributed by atoms with Crippen LogP contribution in [0.15, 0.2) is 24.3 Å². The van der Waals surface area contributed by atoms with E-state index in [4.69, 9.17) is 0 Å². The highest BCUT2D eigenvalue weighted by Crippen LogP contribution is 2.24. The molecule has 5 heteroatoms. The van der Waals surface area contributed by atoms with Crippen molar-refractivity contribution in [1.29, 1.82) is 0 Å². The average Bonchev–Trinajstić information content (AvgIpc) is 2.23. The summed E-state index contributed by atoms with van der Waals surface area (Å²) >= 11 is 0. The molecule has 0 aliphatic rings. The molecule has 1 heterocycles. The van der Waals surface area contributed by atoms with Gasteiger partial charge >= 0.3 is 0 Å². The molecule has 5 nitrogen and oxygen atoms in total. The lowest BCUT2D eigenvalue weighted by atomic mass is 10.1. The first kappa shape index (κ1) is 10.4. The maximum atomic E-state index is 11.7. The van der Waals surface area contributed by atoms with Crippen LogP contribution < -0.4 is 4.73 Å². The third kappa shape index (κ3) is 1.46. The Labute approximate surface area is 91.7 Å². The van der Waals surface area contributed by atoms with Crippen LogP contribution >= 0.6 is 0 Å². The molecule has 0 radical (unpaired) electrons. The summed E-state index contributed by atoms with van der Waals surface area (Å²) in [6.45, 7) is 3.40. The molecule has 0 aliphatic carbocycles. The van der Waals surface area contributed by atoms with E-state index >= 15 is 0 Å². The molecule has 0 atom stereocenters. The number of hydrogen-bond acceptors (Lipinski definition) is 3. The minimum Gasteiger partial charge on any atom is -0.618 e. The Morgan fingerprint density at radius 1 is 1.25 bits per heavy atom. The third-order valence-corrected chi connectivity index (χ3v) is 2.51. The molecule has 0 bridgehead atoms. The second-order valence-electron chi connectivity index (χ2n) is 3.74. The Morgan fingerprint density at radius 3 is 2.56 bits per heavy atom. The number of benzene rings is 1. The first-order chi connectivity index (χ1) is 7.50. The van der Waals surface area contributed by atoms with Gasteiger partial charge in [0, 0.05) is 13.0 Å². The molecule has 1 aromatic heterocycles. The monoisotopic (exact) mass is 218 g/mol. The SMILES string of the molecule is Cc1ccc2c([N+](=O)[O-])cc(C)[n+]([O-])c2c1. The largest absolute Gasteiger partial charge is 0.618 e. The number of pyridine rings is 1. The Hall–Kier alpha value is -2.17. The molecule has 0 unspecified atom stereocenters. The van der Waals surface area contributed by atoms with Crippen LogP contribution in [0.2, 0.25) is 0 Å². The number of nitro groups is 1. The second kappa shape index (κ2) is 3.44. The summed E-state index contributed by atoms with van der Waals surface area (Å²) in [6, 6.07) is 6.31. The van der Waals surface area contributed by atoms with Crippen LogP contribution in [0.25, 0.3) is 10.9 Å². The van der Waals surface area contributed by atoms with E-state index < -0.39 is 4.92 Å². The summed E-state index contributed by atoms with van der Waals surface area (Å²) in [4.78, 5) is 10.4. The topological polar surface area (TPSA) is 70.1 Å². The van der Waals surface area contributed by atoms with Crippen LogP contribution in [0.3, 0.4) is 0 Å². The van der Waals surface area contributed by atoms with Crippen molar-refractivity contribution in [3.05, 3.63) is 50.8 Å². The van der Waals surface area contributed by atoms with Gasteiger partial charge in [0.25, 0.3) is 5.69 Å². The first-order valence-corrected chi connectivity index (χ1v) is 4.78. The van der Waals surface area contributed by atoms with Gasteiger partial charge in [-0.25, -0.2) is 0 Å². The van der Waals surface area contributed by atoms with Crippen molar-refractivity contribution < 1.29 is 9.65 Å². The Morgan fingerprint density at radius 2 is 1.94 bits per heavy atom. The molecule has 2 aromatic rings. The number of hydrogen-bond donors (Lipinski definition) is 0. The van der Waals surface area contributed by atoms with Gasteiger partial charge in [-0.2, -0.15) is 4.73 Å². The maximum Gasteiger partial charge on any atom is 0.289 e. The van der Waals surface area contributed by atoms with E-state index in [2.05, 4.69) is 0 Å². The predicted molar refractivity (Wildman–Crippen MR) is 59.0 cm³/mol. The van der Waals surface area contributed by atoms with E-state index in [1.807, 2.05) is 6.92 Å². The molecule has 0 amide bonds. The summed E-state index contributed by atoms with van der Waals surface area (Å²) in [5.74, 6) is 0. The van der Waals surface area contributed by atoms with Crippen molar-refractivity contribution in [3.63, 3.8) is 0 Å². The number of aromatic nitrogens is 1.